The van der Waals surface area contributed by atoms with Crippen molar-refractivity contribution in [1.82, 2.24) is 10.6 Å². The number of halogens is 1. The molecule has 5 nitrogen and oxygen atoms in total. The SMILES string of the molecule is CC(NC(=O)CCNC(=O)c1ccco1)c1ccccc1Br. The molecule has 116 valence electrons. The van der Waals surface area contributed by atoms with Crippen molar-refractivity contribution in [2.24, 2.45) is 0 Å². The molecular formula is C16H17BrN2O3. The molecule has 1 aromatic heterocycles. The van der Waals surface area contributed by atoms with Crippen molar-refractivity contribution < 1.29 is 14.0 Å². The molecule has 0 saturated heterocycles. The summed E-state index contributed by atoms with van der Waals surface area (Å²) in [6.07, 6.45) is 1.64. The molecule has 0 saturated carbocycles. The Morgan fingerprint density at radius 3 is 2.68 bits per heavy atom. The largest absolute Gasteiger partial charge is 0.459 e. The lowest BCUT2D eigenvalue weighted by atomic mass is 10.1. The Bertz CT molecular complexity index is 641. The van der Waals surface area contributed by atoms with Gasteiger partial charge < -0.3 is 15.1 Å². The highest BCUT2D eigenvalue weighted by Crippen LogP contribution is 2.22. The number of carbonyl (C=O) groups is 2. The molecule has 0 radical (unpaired) electrons. The molecule has 0 bridgehead atoms. The lowest BCUT2D eigenvalue weighted by Crippen LogP contribution is -2.32. The second-order valence-corrected chi connectivity index (χ2v) is 5.65. The quantitative estimate of drug-likeness (QED) is 0.827. The van der Waals surface area contributed by atoms with E-state index >= 15 is 0 Å². The van der Waals surface area contributed by atoms with Crippen molar-refractivity contribution in [3.8, 4) is 0 Å². The third-order valence-corrected chi connectivity index (χ3v) is 3.85. The van der Waals surface area contributed by atoms with Gasteiger partial charge in [0.15, 0.2) is 5.76 Å². The van der Waals surface area contributed by atoms with E-state index in [1.54, 1.807) is 12.1 Å². The molecule has 1 unspecified atom stereocenters. The molecule has 0 aliphatic carbocycles. The van der Waals surface area contributed by atoms with Crippen molar-refractivity contribution in [2.45, 2.75) is 19.4 Å². The second-order valence-electron chi connectivity index (χ2n) is 4.79. The number of benzene rings is 1. The van der Waals surface area contributed by atoms with Crippen LogP contribution in [0.4, 0.5) is 0 Å². The number of nitrogens with one attached hydrogen (secondary N) is 2. The molecular weight excluding hydrogens is 348 g/mol. The second kappa shape index (κ2) is 7.79. The van der Waals surface area contributed by atoms with E-state index in [2.05, 4.69) is 26.6 Å². The molecule has 2 N–H and O–H groups in total. The van der Waals surface area contributed by atoms with Gasteiger partial charge in [0.2, 0.25) is 5.91 Å². The van der Waals surface area contributed by atoms with Crippen LogP contribution in [0.25, 0.3) is 0 Å². The summed E-state index contributed by atoms with van der Waals surface area (Å²) >= 11 is 3.46. The summed E-state index contributed by atoms with van der Waals surface area (Å²) in [5, 5.41) is 5.54. The monoisotopic (exact) mass is 364 g/mol. The molecule has 2 amide bonds. The fraction of sp³-hybridized carbons (Fsp3) is 0.250. The smallest absolute Gasteiger partial charge is 0.286 e. The normalized spacial score (nSPS) is 11.7. The van der Waals surface area contributed by atoms with E-state index in [0.717, 1.165) is 10.0 Å². The number of amides is 2. The van der Waals surface area contributed by atoms with Crippen LogP contribution < -0.4 is 10.6 Å². The van der Waals surface area contributed by atoms with Crippen LogP contribution in [-0.4, -0.2) is 18.4 Å². The van der Waals surface area contributed by atoms with Gasteiger partial charge in [0.05, 0.1) is 12.3 Å². The van der Waals surface area contributed by atoms with Gasteiger partial charge in [-0.15, -0.1) is 0 Å². The van der Waals surface area contributed by atoms with E-state index in [4.69, 9.17) is 4.42 Å². The molecule has 0 aliphatic rings. The van der Waals surface area contributed by atoms with E-state index in [-0.39, 0.29) is 36.6 Å². The van der Waals surface area contributed by atoms with Crippen LogP contribution in [0.5, 0.6) is 0 Å². The van der Waals surface area contributed by atoms with Crippen LogP contribution in [0.2, 0.25) is 0 Å². The van der Waals surface area contributed by atoms with Gasteiger partial charge in [-0.1, -0.05) is 34.1 Å². The average molecular weight is 365 g/mol. The highest BCUT2D eigenvalue weighted by Gasteiger charge is 2.13. The van der Waals surface area contributed by atoms with Gasteiger partial charge >= 0.3 is 0 Å². The van der Waals surface area contributed by atoms with Crippen LogP contribution in [0.1, 0.15) is 35.5 Å². The summed E-state index contributed by atoms with van der Waals surface area (Å²) < 4.78 is 5.92. The van der Waals surface area contributed by atoms with E-state index in [0.29, 0.717) is 0 Å². The van der Waals surface area contributed by atoms with Gasteiger partial charge in [-0.25, -0.2) is 0 Å². The van der Waals surface area contributed by atoms with Crippen molar-refractivity contribution >= 4 is 27.7 Å². The first-order chi connectivity index (χ1) is 10.6. The van der Waals surface area contributed by atoms with Gasteiger partial charge in [-0.3, -0.25) is 9.59 Å². The van der Waals surface area contributed by atoms with Gasteiger partial charge in [-0.2, -0.15) is 0 Å². The lowest BCUT2D eigenvalue weighted by Gasteiger charge is -2.15. The Hall–Kier alpha value is -2.08. The standard InChI is InChI=1S/C16H17BrN2O3/c1-11(12-5-2-3-6-13(12)17)19-15(20)8-9-18-16(21)14-7-4-10-22-14/h2-7,10-11H,8-9H2,1H3,(H,18,21)(H,19,20). The minimum atomic E-state index is -0.323. The fourth-order valence-corrected chi connectivity index (χ4v) is 2.63. The minimum absolute atomic E-state index is 0.108. The highest BCUT2D eigenvalue weighted by atomic mass is 79.9. The van der Waals surface area contributed by atoms with Gasteiger partial charge in [-0.05, 0) is 30.7 Å². The first kappa shape index (κ1) is 16.3. The molecule has 0 spiro atoms. The van der Waals surface area contributed by atoms with E-state index in [1.165, 1.54) is 6.26 Å². The Balaban J connectivity index is 1.76. The molecule has 1 heterocycles. The topological polar surface area (TPSA) is 71.3 Å². The minimum Gasteiger partial charge on any atom is -0.459 e. The van der Waals surface area contributed by atoms with Crippen LogP contribution in [-0.2, 0) is 4.79 Å². The first-order valence-corrected chi connectivity index (χ1v) is 7.72. The van der Waals surface area contributed by atoms with Crippen molar-refractivity contribution in [3.05, 3.63) is 58.5 Å². The van der Waals surface area contributed by atoms with E-state index in [9.17, 15) is 9.59 Å². The molecule has 0 fully saturated rings. The predicted octanol–water partition coefficient (Wildman–Crippen LogP) is 3.04. The maximum absolute atomic E-state index is 11.9. The van der Waals surface area contributed by atoms with Crippen molar-refractivity contribution in [2.75, 3.05) is 6.54 Å². The van der Waals surface area contributed by atoms with Crippen molar-refractivity contribution in [1.29, 1.82) is 0 Å². The molecule has 2 aromatic rings. The summed E-state index contributed by atoms with van der Waals surface area (Å²) in [6.45, 7) is 2.17. The van der Waals surface area contributed by atoms with Crippen LogP contribution in [0, 0.1) is 0 Å². The van der Waals surface area contributed by atoms with E-state index in [1.807, 2.05) is 31.2 Å². The van der Waals surface area contributed by atoms with Crippen LogP contribution in [0.15, 0.2) is 51.6 Å². The molecule has 1 aromatic carbocycles. The number of rotatable bonds is 6. The Morgan fingerprint density at radius 1 is 1.23 bits per heavy atom. The Kier molecular flexibility index (Phi) is 5.77. The number of hydrogen-bond donors (Lipinski definition) is 2. The number of hydrogen-bond acceptors (Lipinski definition) is 3. The molecule has 22 heavy (non-hydrogen) atoms. The number of carbonyl (C=O) groups excluding carboxylic acids is 2. The Labute approximate surface area is 137 Å². The van der Waals surface area contributed by atoms with Gasteiger partial charge in [0.25, 0.3) is 5.91 Å². The lowest BCUT2D eigenvalue weighted by molar-refractivity contribution is -0.121. The zero-order valence-electron chi connectivity index (χ0n) is 12.1. The average Bonchev–Trinajstić information content (AvgIpc) is 3.01. The third-order valence-electron chi connectivity index (χ3n) is 3.13. The maximum Gasteiger partial charge on any atom is 0.286 e. The third kappa shape index (κ3) is 4.46. The van der Waals surface area contributed by atoms with Crippen LogP contribution >= 0.6 is 15.9 Å². The molecule has 2 rings (SSSR count). The summed E-state index contributed by atoms with van der Waals surface area (Å²) in [5.41, 5.74) is 1.01. The molecule has 0 aliphatic heterocycles. The summed E-state index contributed by atoms with van der Waals surface area (Å²) in [6, 6.07) is 10.8. The van der Waals surface area contributed by atoms with Crippen molar-refractivity contribution in [3.63, 3.8) is 0 Å². The molecule has 6 heteroatoms. The van der Waals surface area contributed by atoms with Crippen LogP contribution in [0.3, 0.4) is 0 Å². The van der Waals surface area contributed by atoms with E-state index < -0.39 is 0 Å². The zero-order chi connectivity index (χ0) is 15.9. The molecule has 1 atom stereocenters. The Morgan fingerprint density at radius 2 is 2.00 bits per heavy atom. The number of furan rings is 1. The van der Waals surface area contributed by atoms with Gasteiger partial charge in [0.1, 0.15) is 0 Å². The summed E-state index contributed by atoms with van der Waals surface area (Å²) in [4.78, 5) is 23.5. The zero-order valence-corrected chi connectivity index (χ0v) is 13.7. The predicted molar refractivity (Wildman–Crippen MR) is 86.4 cm³/mol. The fourth-order valence-electron chi connectivity index (χ4n) is 2.00. The van der Waals surface area contributed by atoms with Gasteiger partial charge in [0, 0.05) is 17.4 Å². The summed E-state index contributed by atoms with van der Waals surface area (Å²) in [7, 11) is 0. The highest BCUT2D eigenvalue weighted by molar-refractivity contribution is 9.10. The summed E-state index contributed by atoms with van der Waals surface area (Å²) in [5.74, 6) is -0.207. The first-order valence-electron chi connectivity index (χ1n) is 6.93. The maximum atomic E-state index is 11.9.